The van der Waals surface area contributed by atoms with Crippen molar-refractivity contribution in [3.8, 4) is 0 Å². The highest BCUT2D eigenvalue weighted by atomic mass is 32.2. The molecule has 0 aliphatic carbocycles. The van der Waals surface area contributed by atoms with Crippen LogP contribution < -0.4 is 5.32 Å². The van der Waals surface area contributed by atoms with Gasteiger partial charge in [-0.1, -0.05) is 13.3 Å². The Labute approximate surface area is 106 Å². The van der Waals surface area contributed by atoms with Crippen molar-refractivity contribution < 1.29 is 0 Å². The quantitative estimate of drug-likeness (QED) is 0.741. The molecule has 1 heterocycles. The Hall–Kier alpha value is 0.270. The largest absolute Gasteiger partial charge is 0.313 e. The van der Waals surface area contributed by atoms with E-state index >= 15 is 0 Å². The van der Waals surface area contributed by atoms with Crippen molar-refractivity contribution in [2.45, 2.75) is 58.2 Å². The lowest BCUT2D eigenvalue weighted by Crippen LogP contribution is -2.45. The van der Waals surface area contributed by atoms with Crippen molar-refractivity contribution in [2.24, 2.45) is 0 Å². The summed E-state index contributed by atoms with van der Waals surface area (Å²) < 4.78 is 0. The van der Waals surface area contributed by atoms with Gasteiger partial charge in [0.15, 0.2) is 0 Å². The number of nitrogens with zero attached hydrogens (tertiary/aromatic N) is 1. The molecular formula is C13H28N2S. The molecule has 0 aromatic heterocycles. The molecule has 1 aliphatic rings. The molecule has 96 valence electrons. The molecule has 0 bridgehead atoms. The van der Waals surface area contributed by atoms with Crippen molar-refractivity contribution in [1.82, 2.24) is 10.2 Å². The van der Waals surface area contributed by atoms with E-state index in [0.29, 0.717) is 12.1 Å². The molecule has 1 saturated heterocycles. The first-order chi connectivity index (χ1) is 7.65. The van der Waals surface area contributed by atoms with Gasteiger partial charge in [-0.2, -0.15) is 11.8 Å². The summed E-state index contributed by atoms with van der Waals surface area (Å²) in [6.45, 7) is 8.01. The highest BCUT2D eigenvalue weighted by Gasteiger charge is 2.23. The Bertz CT molecular complexity index is 181. The van der Waals surface area contributed by atoms with Crippen LogP contribution in [0.5, 0.6) is 0 Å². The molecule has 1 aliphatic heterocycles. The molecule has 1 fully saturated rings. The minimum absolute atomic E-state index is 0.656. The normalized spacial score (nSPS) is 24.9. The first-order valence-electron chi connectivity index (χ1n) is 6.68. The van der Waals surface area contributed by atoms with Crippen LogP contribution in [0.3, 0.4) is 0 Å². The second-order valence-electron chi connectivity index (χ2n) is 5.13. The molecule has 3 unspecified atom stereocenters. The van der Waals surface area contributed by atoms with Gasteiger partial charge >= 0.3 is 0 Å². The molecule has 0 saturated carbocycles. The number of nitrogens with one attached hydrogen (secondary N) is 1. The summed E-state index contributed by atoms with van der Waals surface area (Å²) in [6, 6.07) is 2.13. The summed E-state index contributed by atoms with van der Waals surface area (Å²) in [7, 11) is 2.29. The van der Waals surface area contributed by atoms with Crippen molar-refractivity contribution in [3.05, 3.63) is 0 Å². The Morgan fingerprint density at radius 3 is 2.75 bits per heavy atom. The van der Waals surface area contributed by atoms with Crippen molar-refractivity contribution in [2.75, 3.05) is 25.1 Å². The van der Waals surface area contributed by atoms with Gasteiger partial charge in [-0.3, -0.25) is 4.90 Å². The second-order valence-corrected chi connectivity index (χ2v) is 6.28. The Kier molecular flexibility index (Phi) is 6.78. The molecule has 16 heavy (non-hydrogen) atoms. The van der Waals surface area contributed by atoms with E-state index in [1.54, 1.807) is 0 Å². The third-order valence-electron chi connectivity index (χ3n) is 3.66. The van der Waals surface area contributed by atoms with Gasteiger partial charge in [0.2, 0.25) is 0 Å². The molecule has 0 amide bonds. The van der Waals surface area contributed by atoms with E-state index in [1.807, 2.05) is 0 Å². The molecule has 1 N–H and O–H groups in total. The highest BCUT2D eigenvalue weighted by molar-refractivity contribution is 7.99. The minimum atomic E-state index is 0.656. The molecule has 2 nitrogen and oxygen atoms in total. The van der Waals surface area contributed by atoms with Crippen LogP contribution in [-0.4, -0.2) is 48.1 Å². The summed E-state index contributed by atoms with van der Waals surface area (Å²) >= 11 is 2.10. The summed E-state index contributed by atoms with van der Waals surface area (Å²) in [5, 5.41) is 3.64. The molecule has 0 radical (unpaired) electrons. The van der Waals surface area contributed by atoms with E-state index in [1.165, 1.54) is 30.8 Å². The number of rotatable bonds is 7. The Morgan fingerprint density at radius 2 is 2.19 bits per heavy atom. The van der Waals surface area contributed by atoms with Gasteiger partial charge < -0.3 is 5.32 Å². The SMILES string of the molecule is CCCC(C)NCC(C)N(C)C1CCSC1. The van der Waals surface area contributed by atoms with Gasteiger partial charge in [-0.15, -0.1) is 0 Å². The predicted molar refractivity (Wildman–Crippen MR) is 75.3 cm³/mol. The van der Waals surface area contributed by atoms with Crippen LogP contribution in [0, 0.1) is 0 Å². The number of hydrogen-bond acceptors (Lipinski definition) is 3. The Balaban J connectivity index is 2.20. The zero-order chi connectivity index (χ0) is 12.0. The van der Waals surface area contributed by atoms with Crippen molar-refractivity contribution in [1.29, 1.82) is 0 Å². The van der Waals surface area contributed by atoms with Crippen molar-refractivity contribution in [3.63, 3.8) is 0 Å². The highest BCUT2D eigenvalue weighted by Crippen LogP contribution is 2.22. The summed E-state index contributed by atoms with van der Waals surface area (Å²) in [5.41, 5.74) is 0. The zero-order valence-electron chi connectivity index (χ0n) is 11.3. The lowest BCUT2D eigenvalue weighted by atomic mass is 10.1. The maximum absolute atomic E-state index is 3.64. The van der Waals surface area contributed by atoms with Gasteiger partial charge in [0.25, 0.3) is 0 Å². The molecule has 0 aromatic carbocycles. The van der Waals surface area contributed by atoms with Gasteiger partial charge in [0, 0.05) is 30.4 Å². The van der Waals surface area contributed by atoms with Crippen LogP contribution in [0.2, 0.25) is 0 Å². The first-order valence-corrected chi connectivity index (χ1v) is 7.83. The lowest BCUT2D eigenvalue weighted by Gasteiger charge is -2.31. The van der Waals surface area contributed by atoms with E-state index in [2.05, 4.69) is 49.8 Å². The number of thioether (sulfide) groups is 1. The van der Waals surface area contributed by atoms with Gasteiger partial charge in [0.1, 0.15) is 0 Å². The molecule has 3 heteroatoms. The lowest BCUT2D eigenvalue weighted by molar-refractivity contribution is 0.192. The van der Waals surface area contributed by atoms with E-state index in [4.69, 9.17) is 0 Å². The molecular weight excluding hydrogens is 216 g/mol. The average molecular weight is 244 g/mol. The van der Waals surface area contributed by atoms with E-state index in [0.717, 1.165) is 12.6 Å². The zero-order valence-corrected chi connectivity index (χ0v) is 12.1. The van der Waals surface area contributed by atoms with Crippen LogP contribution in [0.1, 0.15) is 40.0 Å². The topological polar surface area (TPSA) is 15.3 Å². The minimum Gasteiger partial charge on any atom is -0.313 e. The standard InChI is InChI=1S/C13H28N2S/c1-5-6-11(2)14-9-12(3)15(4)13-7-8-16-10-13/h11-14H,5-10H2,1-4H3. The van der Waals surface area contributed by atoms with Crippen LogP contribution in [0.4, 0.5) is 0 Å². The van der Waals surface area contributed by atoms with Gasteiger partial charge in [-0.25, -0.2) is 0 Å². The summed E-state index contributed by atoms with van der Waals surface area (Å²) in [5.74, 6) is 2.67. The fraction of sp³-hybridized carbons (Fsp3) is 1.00. The molecule has 0 aromatic rings. The fourth-order valence-electron chi connectivity index (χ4n) is 2.25. The maximum Gasteiger partial charge on any atom is 0.0194 e. The average Bonchev–Trinajstić information content (AvgIpc) is 2.78. The molecule has 0 spiro atoms. The van der Waals surface area contributed by atoms with Gasteiger partial charge in [-0.05, 0) is 39.5 Å². The summed E-state index contributed by atoms with van der Waals surface area (Å²) in [6.07, 6.45) is 3.93. The first kappa shape index (κ1) is 14.3. The van der Waals surface area contributed by atoms with E-state index in [9.17, 15) is 0 Å². The van der Waals surface area contributed by atoms with Crippen LogP contribution in [0.15, 0.2) is 0 Å². The smallest absolute Gasteiger partial charge is 0.0194 e. The second kappa shape index (κ2) is 7.57. The van der Waals surface area contributed by atoms with E-state index < -0.39 is 0 Å². The number of hydrogen-bond donors (Lipinski definition) is 1. The fourth-order valence-corrected chi connectivity index (χ4v) is 3.53. The Morgan fingerprint density at radius 1 is 1.44 bits per heavy atom. The van der Waals surface area contributed by atoms with Crippen LogP contribution >= 0.6 is 11.8 Å². The van der Waals surface area contributed by atoms with E-state index in [-0.39, 0.29) is 0 Å². The molecule has 1 rings (SSSR count). The molecule has 3 atom stereocenters. The monoisotopic (exact) mass is 244 g/mol. The third kappa shape index (κ3) is 4.64. The maximum atomic E-state index is 3.64. The van der Waals surface area contributed by atoms with Crippen LogP contribution in [0.25, 0.3) is 0 Å². The third-order valence-corrected chi connectivity index (χ3v) is 4.81. The summed E-state index contributed by atoms with van der Waals surface area (Å²) in [4.78, 5) is 2.56. The van der Waals surface area contributed by atoms with Gasteiger partial charge in [0.05, 0.1) is 0 Å². The van der Waals surface area contributed by atoms with Crippen LogP contribution in [-0.2, 0) is 0 Å². The number of likely N-dealkylation sites (N-methyl/N-ethyl adjacent to an activating group) is 1. The van der Waals surface area contributed by atoms with Crippen molar-refractivity contribution >= 4 is 11.8 Å². The predicted octanol–water partition coefficient (Wildman–Crippen LogP) is 2.59.